The second-order valence-electron chi connectivity index (χ2n) is 2.29. The lowest BCUT2D eigenvalue weighted by molar-refractivity contribution is -0.112. The molecule has 1 rings (SSSR count). The molecule has 0 aliphatic heterocycles. The third-order valence-electron chi connectivity index (χ3n) is 1.44. The van der Waals surface area contributed by atoms with Gasteiger partial charge >= 0.3 is 0 Å². The van der Waals surface area contributed by atoms with Crippen molar-refractivity contribution in [3.8, 4) is 11.5 Å². The molecule has 0 aromatic heterocycles. The first-order valence-corrected chi connectivity index (χ1v) is 3.26. The summed E-state index contributed by atoms with van der Waals surface area (Å²) in [6.45, 7) is 0. The average molecular weight is 170 g/mol. The van der Waals surface area contributed by atoms with Crippen LogP contribution in [0.2, 0.25) is 0 Å². The molecule has 12 heavy (non-hydrogen) atoms. The molecule has 0 saturated carbocycles. The molecule has 0 bridgehead atoms. The van der Waals surface area contributed by atoms with E-state index in [-0.39, 0.29) is 17.6 Å². The molecule has 0 heterocycles. The van der Waals surface area contributed by atoms with Crippen LogP contribution < -0.4 is 0 Å². The van der Waals surface area contributed by atoms with Gasteiger partial charge < -0.3 is 10.2 Å². The predicted molar refractivity (Wildman–Crippen MR) is 39.7 cm³/mol. The second kappa shape index (κ2) is 3.21. The molecule has 1 unspecified atom stereocenters. The van der Waals surface area contributed by atoms with Gasteiger partial charge in [0.2, 0.25) is 0 Å². The van der Waals surface area contributed by atoms with Gasteiger partial charge in [-0.3, -0.25) is 4.79 Å². The largest absolute Gasteiger partial charge is 0.504 e. The minimum atomic E-state index is -1.75. The van der Waals surface area contributed by atoms with Crippen LogP contribution in [0.4, 0.5) is 4.39 Å². The number of carbonyl (C=O) groups excluding carboxylic acids is 1. The van der Waals surface area contributed by atoms with E-state index in [9.17, 15) is 9.18 Å². The molecule has 0 aliphatic rings. The standard InChI is InChI=1S/C8H7FO3/c9-6(4-10)5-1-2-7(11)8(12)3-5/h1-4,6,11-12H. The Kier molecular flexibility index (Phi) is 2.28. The highest BCUT2D eigenvalue weighted by Crippen LogP contribution is 2.28. The van der Waals surface area contributed by atoms with Gasteiger partial charge in [0.15, 0.2) is 24.0 Å². The summed E-state index contributed by atoms with van der Waals surface area (Å²) in [5.41, 5.74) is 0.0281. The summed E-state index contributed by atoms with van der Waals surface area (Å²) in [4.78, 5) is 9.98. The second-order valence-corrected chi connectivity index (χ2v) is 2.29. The van der Waals surface area contributed by atoms with E-state index in [1.54, 1.807) is 0 Å². The Morgan fingerprint density at radius 1 is 1.33 bits per heavy atom. The van der Waals surface area contributed by atoms with Gasteiger partial charge in [-0.25, -0.2) is 4.39 Å². The average Bonchev–Trinajstić information content (AvgIpc) is 2.08. The van der Waals surface area contributed by atoms with Gasteiger partial charge in [0.05, 0.1) is 0 Å². The number of phenolic OH excluding ortho intramolecular Hbond substituents is 2. The Morgan fingerprint density at radius 2 is 2.00 bits per heavy atom. The van der Waals surface area contributed by atoms with Crippen LogP contribution in [0.15, 0.2) is 18.2 Å². The van der Waals surface area contributed by atoms with Crippen molar-refractivity contribution in [2.75, 3.05) is 0 Å². The summed E-state index contributed by atoms with van der Waals surface area (Å²) in [7, 11) is 0. The maximum atomic E-state index is 12.6. The number of rotatable bonds is 2. The zero-order chi connectivity index (χ0) is 9.14. The maximum Gasteiger partial charge on any atom is 0.180 e. The van der Waals surface area contributed by atoms with Crippen LogP contribution in [0.3, 0.4) is 0 Å². The molecule has 1 aromatic carbocycles. The fourth-order valence-corrected chi connectivity index (χ4v) is 0.791. The number of hydrogen-bond donors (Lipinski definition) is 2. The van der Waals surface area contributed by atoms with E-state index < -0.39 is 11.9 Å². The number of alkyl halides is 1. The number of aldehydes is 1. The quantitative estimate of drug-likeness (QED) is 0.519. The summed E-state index contributed by atoms with van der Waals surface area (Å²) >= 11 is 0. The molecule has 1 aromatic rings. The van der Waals surface area contributed by atoms with Gasteiger partial charge in [0.25, 0.3) is 0 Å². The lowest BCUT2D eigenvalue weighted by Crippen LogP contribution is -1.91. The molecule has 0 radical (unpaired) electrons. The van der Waals surface area contributed by atoms with Crippen molar-refractivity contribution in [3.05, 3.63) is 23.8 Å². The maximum absolute atomic E-state index is 12.6. The van der Waals surface area contributed by atoms with Gasteiger partial charge in [-0.1, -0.05) is 6.07 Å². The predicted octanol–water partition coefficient (Wildman–Crippen LogP) is 1.31. The summed E-state index contributed by atoms with van der Waals surface area (Å²) in [6, 6.07) is 3.36. The molecule has 2 N–H and O–H groups in total. The van der Waals surface area contributed by atoms with Gasteiger partial charge in [-0.2, -0.15) is 0 Å². The van der Waals surface area contributed by atoms with Crippen LogP contribution in [0.25, 0.3) is 0 Å². The molecule has 0 saturated heterocycles. The molecule has 4 heteroatoms. The Hall–Kier alpha value is -1.58. The van der Waals surface area contributed by atoms with Crippen LogP contribution >= 0.6 is 0 Å². The number of aromatic hydroxyl groups is 2. The molecule has 1 atom stereocenters. The summed E-state index contributed by atoms with van der Waals surface area (Å²) in [5, 5.41) is 17.7. The van der Waals surface area contributed by atoms with E-state index in [2.05, 4.69) is 0 Å². The summed E-state index contributed by atoms with van der Waals surface area (Å²) in [6.07, 6.45) is -1.64. The number of hydrogen-bond acceptors (Lipinski definition) is 3. The van der Waals surface area contributed by atoms with Gasteiger partial charge in [-0.15, -0.1) is 0 Å². The van der Waals surface area contributed by atoms with E-state index in [0.29, 0.717) is 0 Å². The number of carbonyl (C=O) groups is 1. The minimum Gasteiger partial charge on any atom is -0.504 e. The molecule has 64 valence electrons. The highest BCUT2D eigenvalue weighted by Gasteiger charge is 2.09. The van der Waals surface area contributed by atoms with Crippen LogP contribution in [-0.2, 0) is 4.79 Å². The van der Waals surface area contributed by atoms with E-state index in [1.165, 1.54) is 6.07 Å². The first-order chi connectivity index (χ1) is 5.65. The Balaban J connectivity index is 3.04. The number of benzene rings is 1. The Morgan fingerprint density at radius 3 is 2.50 bits per heavy atom. The van der Waals surface area contributed by atoms with Crippen molar-refractivity contribution in [2.24, 2.45) is 0 Å². The van der Waals surface area contributed by atoms with E-state index >= 15 is 0 Å². The van der Waals surface area contributed by atoms with Crippen LogP contribution in [0.1, 0.15) is 11.7 Å². The monoisotopic (exact) mass is 170 g/mol. The number of phenols is 2. The zero-order valence-corrected chi connectivity index (χ0v) is 6.07. The SMILES string of the molecule is O=CC(F)c1ccc(O)c(O)c1. The van der Waals surface area contributed by atoms with Gasteiger partial charge in [0.1, 0.15) is 0 Å². The van der Waals surface area contributed by atoms with Crippen LogP contribution in [-0.4, -0.2) is 16.5 Å². The first-order valence-electron chi connectivity index (χ1n) is 3.26. The fourth-order valence-electron chi connectivity index (χ4n) is 0.791. The molecule has 0 spiro atoms. The van der Waals surface area contributed by atoms with Crippen molar-refractivity contribution in [1.29, 1.82) is 0 Å². The van der Waals surface area contributed by atoms with E-state index in [4.69, 9.17) is 10.2 Å². The molecule has 3 nitrogen and oxygen atoms in total. The Labute approximate surface area is 68.1 Å². The molecule has 0 aliphatic carbocycles. The van der Waals surface area contributed by atoms with Crippen molar-refractivity contribution >= 4 is 6.29 Å². The lowest BCUT2D eigenvalue weighted by atomic mass is 10.1. The summed E-state index contributed by atoms with van der Waals surface area (Å²) < 4.78 is 12.6. The minimum absolute atomic E-state index is 0.0281. The fraction of sp³-hybridized carbons (Fsp3) is 0.125. The highest BCUT2D eigenvalue weighted by atomic mass is 19.1. The van der Waals surface area contributed by atoms with Crippen molar-refractivity contribution < 1.29 is 19.4 Å². The van der Waals surface area contributed by atoms with Crippen molar-refractivity contribution in [3.63, 3.8) is 0 Å². The van der Waals surface area contributed by atoms with Crippen LogP contribution in [0.5, 0.6) is 11.5 Å². The molecule has 0 fully saturated rings. The normalized spacial score (nSPS) is 12.4. The third kappa shape index (κ3) is 1.53. The number of halogens is 1. The highest BCUT2D eigenvalue weighted by molar-refractivity contribution is 5.60. The van der Waals surface area contributed by atoms with Gasteiger partial charge in [-0.05, 0) is 17.7 Å². The van der Waals surface area contributed by atoms with Gasteiger partial charge in [0, 0.05) is 0 Å². The Bertz CT molecular complexity index is 298. The summed E-state index contributed by atoms with van der Waals surface area (Å²) in [5.74, 6) is -0.770. The molecular formula is C8H7FO3. The van der Waals surface area contributed by atoms with Crippen molar-refractivity contribution in [1.82, 2.24) is 0 Å². The first kappa shape index (κ1) is 8.52. The van der Waals surface area contributed by atoms with Crippen LogP contribution in [0, 0.1) is 0 Å². The zero-order valence-electron chi connectivity index (χ0n) is 6.07. The molecular weight excluding hydrogens is 163 g/mol. The topological polar surface area (TPSA) is 57.5 Å². The molecule has 0 amide bonds. The smallest absolute Gasteiger partial charge is 0.180 e. The van der Waals surface area contributed by atoms with E-state index in [0.717, 1.165) is 12.1 Å². The van der Waals surface area contributed by atoms with E-state index in [1.807, 2.05) is 0 Å². The lowest BCUT2D eigenvalue weighted by Gasteiger charge is -2.02. The third-order valence-corrected chi connectivity index (χ3v) is 1.44. The van der Waals surface area contributed by atoms with Crippen molar-refractivity contribution in [2.45, 2.75) is 6.17 Å².